The fraction of sp³-hybridized carbons (Fsp3) is 0.200. The van der Waals surface area contributed by atoms with Crippen molar-refractivity contribution in [1.29, 1.82) is 0 Å². The van der Waals surface area contributed by atoms with Crippen molar-refractivity contribution in [3.8, 4) is 0 Å². The molecule has 0 rings (SSSR count). The van der Waals surface area contributed by atoms with E-state index in [-0.39, 0.29) is 11.1 Å². The highest BCUT2D eigenvalue weighted by atomic mass is 79.9. The van der Waals surface area contributed by atoms with E-state index in [1.54, 1.807) is 0 Å². The molecule has 2 N–H and O–H groups in total. The summed E-state index contributed by atoms with van der Waals surface area (Å²) in [5.41, 5.74) is 4.70. The van der Waals surface area contributed by atoms with Crippen molar-refractivity contribution in [2.45, 2.75) is 0 Å². The van der Waals surface area contributed by atoms with Crippen LogP contribution in [0.1, 0.15) is 0 Å². The van der Waals surface area contributed by atoms with Crippen LogP contribution < -0.4 is 5.73 Å². The highest BCUT2D eigenvalue weighted by molar-refractivity contribution is 9.09. The molecule has 0 aromatic heterocycles. The van der Waals surface area contributed by atoms with E-state index in [4.69, 9.17) is 5.73 Å². The average molecular weight is 192 g/mol. The topological polar surface area (TPSA) is 60.2 Å². The molecule has 0 radical (unpaired) electrons. The summed E-state index contributed by atoms with van der Waals surface area (Å²) < 4.78 is 0. The maximum absolute atomic E-state index is 10.4. The largest absolute Gasteiger partial charge is 0.366 e. The number of amides is 1. The molecule has 0 saturated carbocycles. The van der Waals surface area contributed by atoms with E-state index in [9.17, 15) is 9.59 Å². The first kappa shape index (κ1) is 8.36. The van der Waals surface area contributed by atoms with Crippen LogP contribution in [0.3, 0.4) is 0 Å². The number of rotatable bonds is 3. The maximum Gasteiger partial charge on any atom is 0.241 e. The Morgan fingerprint density at radius 2 is 2.00 bits per heavy atom. The standard InChI is InChI=1S/C5H6BrNO2/c6-3-4(8)1-2-5(7)9/h1-2H,3H2,(H2,7,9). The zero-order valence-corrected chi connectivity index (χ0v) is 6.22. The van der Waals surface area contributed by atoms with E-state index in [2.05, 4.69) is 15.9 Å². The Morgan fingerprint density at radius 3 is 2.33 bits per heavy atom. The van der Waals surface area contributed by atoms with E-state index in [0.717, 1.165) is 12.2 Å². The van der Waals surface area contributed by atoms with Crippen molar-refractivity contribution in [2.75, 3.05) is 5.33 Å². The monoisotopic (exact) mass is 191 g/mol. The lowest BCUT2D eigenvalue weighted by Crippen LogP contribution is -2.06. The molecule has 0 unspecified atom stereocenters. The molecule has 9 heavy (non-hydrogen) atoms. The van der Waals surface area contributed by atoms with Gasteiger partial charge in [0.1, 0.15) is 0 Å². The molecule has 50 valence electrons. The predicted molar refractivity (Wildman–Crippen MR) is 37.1 cm³/mol. The number of primary amides is 1. The lowest BCUT2D eigenvalue weighted by molar-refractivity contribution is -0.115. The van der Waals surface area contributed by atoms with Crippen molar-refractivity contribution in [3.63, 3.8) is 0 Å². The van der Waals surface area contributed by atoms with Crippen LogP contribution in [0.2, 0.25) is 0 Å². The molecule has 0 atom stereocenters. The minimum Gasteiger partial charge on any atom is -0.366 e. The van der Waals surface area contributed by atoms with Gasteiger partial charge in [0.15, 0.2) is 5.78 Å². The zero-order valence-electron chi connectivity index (χ0n) is 4.63. The number of allylic oxidation sites excluding steroid dienone is 1. The van der Waals surface area contributed by atoms with Crippen LogP contribution in [0.5, 0.6) is 0 Å². The number of hydrogen-bond donors (Lipinski definition) is 1. The third kappa shape index (κ3) is 5.23. The highest BCUT2D eigenvalue weighted by Crippen LogP contribution is 1.83. The van der Waals surface area contributed by atoms with Gasteiger partial charge in [-0.1, -0.05) is 15.9 Å². The Balaban J connectivity index is 3.71. The number of hydrogen-bond acceptors (Lipinski definition) is 2. The van der Waals surface area contributed by atoms with Gasteiger partial charge in [-0.2, -0.15) is 0 Å². The molecule has 0 spiro atoms. The van der Waals surface area contributed by atoms with Crippen molar-refractivity contribution in [3.05, 3.63) is 12.2 Å². The summed E-state index contributed by atoms with van der Waals surface area (Å²) in [7, 11) is 0. The smallest absolute Gasteiger partial charge is 0.241 e. The van der Waals surface area contributed by atoms with Gasteiger partial charge in [0.05, 0.1) is 5.33 Å². The van der Waals surface area contributed by atoms with Crippen LogP contribution in [0.15, 0.2) is 12.2 Å². The molecule has 0 aliphatic rings. The lowest BCUT2D eigenvalue weighted by atomic mass is 10.4. The molecule has 0 heterocycles. The van der Waals surface area contributed by atoms with Crippen molar-refractivity contribution in [2.24, 2.45) is 5.73 Å². The normalized spacial score (nSPS) is 9.89. The second kappa shape index (κ2) is 4.26. The third-order valence-corrected chi connectivity index (χ3v) is 1.12. The van der Waals surface area contributed by atoms with Gasteiger partial charge in [0, 0.05) is 6.08 Å². The van der Waals surface area contributed by atoms with Crippen molar-refractivity contribution >= 4 is 27.6 Å². The van der Waals surface area contributed by atoms with Crippen LogP contribution in [-0.4, -0.2) is 17.0 Å². The van der Waals surface area contributed by atoms with E-state index >= 15 is 0 Å². The first-order valence-corrected chi connectivity index (χ1v) is 3.35. The molecule has 0 aromatic carbocycles. The second-order valence-corrected chi connectivity index (χ2v) is 1.90. The van der Waals surface area contributed by atoms with Crippen LogP contribution in [0.25, 0.3) is 0 Å². The summed E-state index contributed by atoms with van der Waals surface area (Å²) in [6, 6.07) is 0. The van der Waals surface area contributed by atoms with Gasteiger partial charge in [-0.25, -0.2) is 0 Å². The quantitative estimate of drug-likeness (QED) is 0.505. The summed E-state index contributed by atoms with van der Waals surface area (Å²) in [6.45, 7) is 0. The average Bonchev–Trinajstić information content (AvgIpc) is 1.83. The van der Waals surface area contributed by atoms with Gasteiger partial charge in [0.25, 0.3) is 0 Å². The van der Waals surface area contributed by atoms with E-state index < -0.39 is 5.91 Å². The summed E-state index contributed by atoms with van der Waals surface area (Å²) >= 11 is 2.91. The zero-order chi connectivity index (χ0) is 7.28. The molecule has 0 fully saturated rings. The summed E-state index contributed by atoms with van der Waals surface area (Å²) in [5.74, 6) is -0.780. The van der Waals surface area contributed by atoms with E-state index in [1.165, 1.54) is 0 Å². The Bertz CT molecular complexity index is 153. The number of ketones is 1. The summed E-state index contributed by atoms with van der Waals surface area (Å²) in [6.07, 6.45) is 2.17. The predicted octanol–water partition coefficient (Wildman–Crippen LogP) is -0.00810. The molecule has 1 amide bonds. The van der Waals surface area contributed by atoms with E-state index in [0.29, 0.717) is 0 Å². The lowest BCUT2D eigenvalue weighted by Gasteiger charge is -1.80. The van der Waals surface area contributed by atoms with Gasteiger partial charge in [-0.3, -0.25) is 9.59 Å². The first-order valence-electron chi connectivity index (χ1n) is 2.23. The molecule has 0 aliphatic carbocycles. The highest BCUT2D eigenvalue weighted by Gasteiger charge is 1.90. The molecule has 4 heteroatoms. The Morgan fingerprint density at radius 1 is 1.44 bits per heavy atom. The molecular weight excluding hydrogens is 186 g/mol. The fourth-order valence-corrected chi connectivity index (χ4v) is 0.407. The molecule has 3 nitrogen and oxygen atoms in total. The minimum absolute atomic E-state index is 0.172. The molecular formula is C5H6BrNO2. The van der Waals surface area contributed by atoms with Gasteiger partial charge < -0.3 is 5.73 Å². The van der Waals surface area contributed by atoms with Crippen LogP contribution in [0.4, 0.5) is 0 Å². The molecule has 0 aromatic rings. The Hall–Kier alpha value is -0.640. The maximum atomic E-state index is 10.4. The SMILES string of the molecule is NC(=O)C=CC(=O)CBr. The summed E-state index contributed by atoms with van der Waals surface area (Å²) in [5, 5.41) is 0.219. The fourth-order valence-electron chi connectivity index (χ4n) is 0.220. The Kier molecular flexibility index (Phi) is 3.96. The molecule has 0 bridgehead atoms. The van der Waals surface area contributed by atoms with Crippen molar-refractivity contribution < 1.29 is 9.59 Å². The van der Waals surface area contributed by atoms with Crippen LogP contribution >= 0.6 is 15.9 Å². The number of nitrogens with two attached hydrogens (primary N) is 1. The van der Waals surface area contributed by atoms with Crippen LogP contribution in [-0.2, 0) is 9.59 Å². The summed E-state index contributed by atoms with van der Waals surface area (Å²) in [4.78, 5) is 20.4. The molecule has 0 saturated heterocycles. The van der Waals surface area contributed by atoms with Gasteiger partial charge >= 0.3 is 0 Å². The number of alkyl halides is 1. The number of carbonyl (C=O) groups excluding carboxylic acids is 2. The second-order valence-electron chi connectivity index (χ2n) is 1.34. The minimum atomic E-state index is -0.607. The van der Waals surface area contributed by atoms with Gasteiger partial charge in [0.2, 0.25) is 5.91 Å². The number of carbonyl (C=O) groups is 2. The van der Waals surface area contributed by atoms with Crippen molar-refractivity contribution in [1.82, 2.24) is 0 Å². The Labute approximate surface area is 61.0 Å². The van der Waals surface area contributed by atoms with Gasteiger partial charge in [-0.15, -0.1) is 0 Å². The first-order chi connectivity index (χ1) is 4.16. The molecule has 0 aliphatic heterocycles. The van der Waals surface area contributed by atoms with Gasteiger partial charge in [-0.05, 0) is 6.08 Å². The van der Waals surface area contributed by atoms with Crippen LogP contribution in [0, 0.1) is 0 Å². The number of halogens is 1. The third-order valence-electron chi connectivity index (χ3n) is 0.565. The van der Waals surface area contributed by atoms with E-state index in [1.807, 2.05) is 0 Å².